The number of halogens is 1. The third kappa shape index (κ3) is 3.14. The molecule has 0 saturated carbocycles. The summed E-state index contributed by atoms with van der Waals surface area (Å²) in [6.45, 7) is 3.85. The Morgan fingerprint density at radius 2 is 1.57 bits per heavy atom. The van der Waals surface area contributed by atoms with E-state index in [0.29, 0.717) is 16.5 Å². The fourth-order valence-electron chi connectivity index (χ4n) is 2.31. The van der Waals surface area contributed by atoms with Crippen molar-refractivity contribution >= 4 is 11.6 Å². The van der Waals surface area contributed by atoms with E-state index in [9.17, 15) is 5.11 Å². The Labute approximate surface area is 130 Å². The smallest absolute Gasteiger partial charge is 0.161 e. The summed E-state index contributed by atoms with van der Waals surface area (Å²) >= 11 is 6.03. The van der Waals surface area contributed by atoms with Crippen molar-refractivity contribution in [3.05, 3.63) is 57.6 Å². The molecule has 1 unspecified atom stereocenters. The highest BCUT2D eigenvalue weighted by Gasteiger charge is 2.17. The Morgan fingerprint density at radius 3 is 2.14 bits per heavy atom. The minimum absolute atomic E-state index is 0.600. The summed E-state index contributed by atoms with van der Waals surface area (Å²) in [5, 5.41) is 11.3. The Morgan fingerprint density at radius 1 is 0.952 bits per heavy atom. The van der Waals surface area contributed by atoms with E-state index in [4.69, 9.17) is 21.1 Å². The van der Waals surface area contributed by atoms with Crippen LogP contribution in [0.5, 0.6) is 11.5 Å². The summed E-state index contributed by atoms with van der Waals surface area (Å²) in [5.74, 6) is 1.25. The first-order valence-corrected chi connectivity index (χ1v) is 7.02. The summed E-state index contributed by atoms with van der Waals surface area (Å²) < 4.78 is 10.6. The number of hydrogen-bond acceptors (Lipinski definition) is 3. The summed E-state index contributed by atoms with van der Waals surface area (Å²) in [5.41, 5.74) is 3.46. The lowest BCUT2D eigenvalue weighted by atomic mass is 9.96. The van der Waals surface area contributed by atoms with Crippen LogP contribution in [0, 0.1) is 13.8 Å². The van der Waals surface area contributed by atoms with Gasteiger partial charge in [0.05, 0.1) is 14.2 Å². The standard InChI is InChI=1S/C17H19ClO3/c1-10-8-15(20-3)16(21-4)9-13(10)17(19)12-5-6-14(18)11(2)7-12/h5-9,17,19H,1-4H3. The number of aliphatic hydroxyl groups is 1. The molecule has 21 heavy (non-hydrogen) atoms. The molecular weight excluding hydrogens is 288 g/mol. The van der Waals surface area contributed by atoms with Gasteiger partial charge < -0.3 is 14.6 Å². The number of ether oxygens (including phenoxy) is 2. The molecule has 3 nitrogen and oxygen atoms in total. The molecule has 0 amide bonds. The predicted molar refractivity (Wildman–Crippen MR) is 84.5 cm³/mol. The monoisotopic (exact) mass is 306 g/mol. The van der Waals surface area contributed by atoms with Crippen LogP contribution in [0.4, 0.5) is 0 Å². The highest BCUT2D eigenvalue weighted by Crippen LogP contribution is 2.35. The molecule has 0 spiro atoms. The fraction of sp³-hybridized carbons (Fsp3) is 0.294. The first-order chi connectivity index (χ1) is 9.97. The van der Waals surface area contributed by atoms with E-state index in [2.05, 4.69) is 0 Å². The molecule has 4 heteroatoms. The highest BCUT2D eigenvalue weighted by atomic mass is 35.5. The Hall–Kier alpha value is -1.71. The van der Waals surface area contributed by atoms with Crippen LogP contribution in [-0.2, 0) is 0 Å². The molecule has 0 fully saturated rings. The Kier molecular flexibility index (Phi) is 4.76. The molecule has 0 aliphatic carbocycles. The van der Waals surface area contributed by atoms with Gasteiger partial charge in [-0.25, -0.2) is 0 Å². The second-order valence-electron chi connectivity index (χ2n) is 4.97. The average molecular weight is 307 g/mol. The molecule has 0 heterocycles. The number of methoxy groups -OCH3 is 2. The van der Waals surface area contributed by atoms with Crippen molar-refractivity contribution in [2.45, 2.75) is 20.0 Å². The van der Waals surface area contributed by atoms with E-state index in [1.165, 1.54) is 0 Å². The normalized spacial score (nSPS) is 12.1. The zero-order valence-electron chi connectivity index (χ0n) is 12.6. The number of aliphatic hydroxyl groups excluding tert-OH is 1. The lowest BCUT2D eigenvalue weighted by Gasteiger charge is -2.18. The SMILES string of the molecule is COc1cc(C)c(C(O)c2ccc(Cl)c(C)c2)cc1OC. The van der Waals surface area contributed by atoms with E-state index < -0.39 is 6.10 Å². The van der Waals surface area contributed by atoms with Gasteiger partial charge in [-0.05, 0) is 54.3 Å². The van der Waals surface area contributed by atoms with Gasteiger partial charge in [0.1, 0.15) is 6.10 Å². The van der Waals surface area contributed by atoms with Crippen LogP contribution in [0.3, 0.4) is 0 Å². The molecule has 1 N–H and O–H groups in total. The minimum atomic E-state index is -0.735. The van der Waals surface area contributed by atoms with Gasteiger partial charge in [0.15, 0.2) is 11.5 Å². The lowest BCUT2D eigenvalue weighted by molar-refractivity contribution is 0.218. The summed E-state index contributed by atoms with van der Waals surface area (Å²) in [7, 11) is 3.17. The van der Waals surface area contributed by atoms with E-state index in [0.717, 1.165) is 22.3 Å². The van der Waals surface area contributed by atoms with Gasteiger partial charge in [-0.1, -0.05) is 23.7 Å². The van der Waals surface area contributed by atoms with Gasteiger partial charge in [0.25, 0.3) is 0 Å². The Bertz CT molecular complexity index is 653. The fourth-order valence-corrected chi connectivity index (χ4v) is 2.43. The van der Waals surface area contributed by atoms with Crippen LogP contribution in [-0.4, -0.2) is 19.3 Å². The molecule has 0 aliphatic rings. The molecule has 2 aromatic rings. The largest absolute Gasteiger partial charge is 0.493 e. The zero-order valence-corrected chi connectivity index (χ0v) is 13.4. The molecule has 1 atom stereocenters. The van der Waals surface area contributed by atoms with E-state index in [-0.39, 0.29) is 0 Å². The number of rotatable bonds is 4. The molecule has 2 aromatic carbocycles. The van der Waals surface area contributed by atoms with Gasteiger partial charge in [-0.3, -0.25) is 0 Å². The maximum absolute atomic E-state index is 10.6. The van der Waals surface area contributed by atoms with Gasteiger partial charge in [0.2, 0.25) is 0 Å². The topological polar surface area (TPSA) is 38.7 Å². The Balaban J connectivity index is 2.47. The van der Waals surface area contributed by atoms with E-state index in [1.54, 1.807) is 20.3 Å². The average Bonchev–Trinajstić information content (AvgIpc) is 2.49. The van der Waals surface area contributed by atoms with Crippen molar-refractivity contribution in [2.24, 2.45) is 0 Å². The van der Waals surface area contributed by atoms with Crippen molar-refractivity contribution in [1.29, 1.82) is 0 Å². The second kappa shape index (κ2) is 6.37. The third-order valence-electron chi connectivity index (χ3n) is 3.56. The summed E-state index contributed by atoms with van der Waals surface area (Å²) in [4.78, 5) is 0. The van der Waals surface area contributed by atoms with Crippen LogP contribution >= 0.6 is 11.6 Å². The minimum Gasteiger partial charge on any atom is -0.493 e. The van der Waals surface area contributed by atoms with Gasteiger partial charge in [0, 0.05) is 5.02 Å². The maximum Gasteiger partial charge on any atom is 0.161 e. The summed E-state index contributed by atoms with van der Waals surface area (Å²) in [6.07, 6.45) is -0.735. The van der Waals surface area contributed by atoms with Crippen LogP contribution < -0.4 is 9.47 Å². The number of benzene rings is 2. The van der Waals surface area contributed by atoms with Crippen molar-refractivity contribution in [2.75, 3.05) is 14.2 Å². The third-order valence-corrected chi connectivity index (χ3v) is 3.99. The van der Waals surface area contributed by atoms with Crippen LogP contribution in [0.2, 0.25) is 5.02 Å². The molecule has 0 aromatic heterocycles. The number of hydrogen-bond donors (Lipinski definition) is 1. The molecule has 0 bridgehead atoms. The van der Waals surface area contributed by atoms with Gasteiger partial charge in [-0.15, -0.1) is 0 Å². The lowest BCUT2D eigenvalue weighted by Crippen LogP contribution is -2.04. The second-order valence-corrected chi connectivity index (χ2v) is 5.38. The van der Waals surface area contributed by atoms with Crippen LogP contribution in [0.25, 0.3) is 0 Å². The van der Waals surface area contributed by atoms with Crippen LogP contribution in [0.15, 0.2) is 30.3 Å². The summed E-state index contributed by atoms with van der Waals surface area (Å²) in [6, 6.07) is 9.19. The van der Waals surface area contributed by atoms with Crippen molar-refractivity contribution in [3.8, 4) is 11.5 Å². The first-order valence-electron chi connectivity index (χ1n) is 6.64. The predicted octanol–water partition coefficient (Wildman–Crippen LogP) is 4.06. The zero-order chi connectivity index (χ0) is 15.6. The van der Waals surface area contributed by atoms with Crippen molar-refractivity contribution in [1.82, 2.24) is 0 Å². The molecule has 0 saturated heterocycles. The molecule has 0 aliphatic heterocycles. The quantitative estimate of drug-likeness (QED) is 0.926. The highest BCUT2D eigenvalue weighted by molar-refractivity contribution is 6.31. The molecule has 112 valence electrons. The molecule has 0 radical (unpaired) electrons. The maximum atomic E-state index is 10.6. The van der Waals surface area contributed by atoms with Crippen LogP contribution in [0.1, 0.15) is 28.4 Å². The molecule has 2 rings (SSSR count). The van der Waals surface area contributed by atoms with E-state index >= 15 is 0 Å². The number of aryl methyl sites for hydroxylation is 2. The first kappa shape index (κ1) is 15.7. The van der Waals surface area contributed by atoms with Crippen molar-refractivity contribution < 1.29 is 14.6 Å². The van der Waals surface area contributed by atoms with Gasteiger partial charge >= 0.3 is 0 Å². The molecular formula is C17H19ClO3. The van der Waals surface area contributed by atoms with E-state index in [1.807, 2.05) is 38.1 Å². The van der Waals surface area contributed by atoms with Gasteiger partial charge in [-0.2, -0.15) is 0 Å². The van der Waals surface area contributed by atoms with Crippen molar-refractivity contribution in [3.63, 3.8) is 0 Å².